The number of sulfonamides is 1. The van der Waals surface area contributed by atoms with Crippen molar-refractivity contribution in [2.45, 2.75) is 6.54 Å². The van der Waals surface area contributed by atoms with Gasteiger partial charge in [0.15, 0.2) is 0 Å². The quantitative estimate of drug-likeness (QED) is 0.284. The first kappa shape index (κ1) is 21.0. The molecule has 2 aromatic carbocycles. The number of hydrogen-bond acceptors (Lipinski definition) is 6. The number of nitro benzene ring substituents is 1. The summed E-state index contributed by atoms with van der Waals surface area (Å²) in [4.78, 5) is 22.3. The van der Waals surface area contributed by atoms with Crippen LogP contribution in [-0.4, -0.2) is 38.7 Å². The van der Waals surface area contributed by atoms with Crippen LogP contribution in [0.2, 0.25) is 0 Å². The van der Waals surface area contributed by atoms with E-state index in [1.807, 2.05) is 0 Å². The summed E-state index contributed by atoms with van der Waals surface area (Å²) in [6, 6.07) is 12.5. The number of carbonyl (C=O) groups excluding carboxylic acids is 1. The second-order valence-electron chi connectivity index (χ2n) is 5.89. The SMILES string of the molecule is CS(=O)(=O)Nc1cccc(CNC(=O)NCCNc2ccccc2[N+](=O)[O-])c1. The Balaban J connectivity index is 1.75. The first-order chi connectivity index (χ1) is 13.2. The van der Waals surface area contributed by atoms with Gasteiger partial charge in [0.2, 0.25) is 10.0 Å². The Labute approximate surface area is 162 Å². The minimum Gasteiger partial charge on any atom is -0.378 e. The van der Waals surface area contributed by atoms with Crippen LogP contribution in [0.4, 0.5) is 21.9 Å². The van der Waals surface area contributed by atoms with E-state index in [0.29, 0.717) is 17.9 Å². The Morgan fingerprint density at radius 1 is 1.07 bits per heavy atom. The Morgan fingerprint density at radius 2 is 1.82 bits per heavy atom. The molecular formula is C17H21N5O5S. The standard InChI is InChI=1S/C17H21N5O5S/c1-28(26,27)21-14-6-4-5-13(11-14)12-20-17(23)19-10-9-18-15-7-2-3-8-16(15)22(24)25/h2-8,11,18,21H,9-10,12H2,1H3,(H2,19,20,23). The van der Waals surface area contributed by atoms with Gasteiger partial charge in [0.1, 0.15) is 5.69 Å². The third-order valence-corrected chi connectivity index (χ3v) is 4.12. The molecule has 2 aromatic rings. The minimum absolute atomic E-state index is 0.0328. The Kier molecular flexibility index (Phi) is 7.15. The smallest absolute Gasteiger partial charge is 0.315 e. The number of anilines is 2. The van der Waals surface area contributed by atoms with Gasteiger partial charge in [0.25, 0.3) is 5.69 Å². The molecule has 10 nitrogen and oxygen atoms in total. The molecule has 0 aliphatic heterocycles. The number of carbonyl (C=O) groups is 1. The molecule has 0 unspecified atom stereocenters. The van der Waals surface area contributed by atoms with Gasteiger partial charge in [-0.1, -0.05) is 24.3 Å². The molecule has 0 heterocycles. The van der Waals surface area contributed by atoms with E-state index < -0.39 is 21.0 Å². The van der Waals surface area contributed by atoms with E-state index in [-0.39, 0.29) is 18.8 Å². The lowest BCUT2D eigenvalue weighted by molar-refractivity contribution is -0.384. The molecule has 4 N–H and O–H groups in total. The first-order valence-electron chi connectivity index (χ1n) is 8.30. The molecule has 2 amide bonds. The molecule has 0 aliphatic carbocycles. The summed E-state index contributed by atoms with van der Waals surface area (Å²) in [5, 5.41) is 19.1. The summed E-state index contributed by atoms with van der Waals surface area (Å²) in [6.07, 6.45) is 1.06. The maximum Gasteiger partial charge on any atom is 0.315 e. The fraction of sp³-hybridized carbons (Fsp3) is 0.235. The molecule has 0 saturated carbocycles. The highest BCUT2D eigenvalue weighted by Gasteiger charge is 2.11. The number of rotatable bonds is 9. The van der Waals surface area contributed by atoms with Gasteiger partial charge < -0.3 is 16.0 Å². The van der Waals surface area contributed by atoms with Crippen molar-refractivity contribution >= 4 is 33.1 Å². The monoisotopic (exact) mass is 407 g/mol. The number of hydrogen-bond donors (Lipinski definition) is 4. The summed E-state index contributed by atoms with van der Waals surface area (Å²) in [7, 11) is -3.37. The lowest BCUT2D eigenvalue weighted by atomic mass is 10.2. The van der Waals surface area contributed by atoms with Crippen LogP contribution >= 0.6 is 0 Å². The molecule has 28 heavy (non-hydrogen) atoms. The molecule has 0 aromatic heterocycles. The van der Waals surface area contributed by atoms with Crippen molar-refractivity contribution in [2.24, 2.45) is 0 Å². The summed E-state index contributed by atoms with van der Waals surface area (Å²) >= 11 is 0. The topological polar surface area (TPSA) is 142 Å². The van der Waals surface area contributed by atoms with E-state index in [9.17, 15) is 23.3 Å². The molecule has 11 heteroatoms. The van der Waals surface area contributed by atoms with Crippen molar-refractivity contribution in [1.29, 1.82) is 0 Å². The summed E-state index contributed by atoms with van der Waals surface area (Å²) in [6.45, 7) is 0.780. The van der Waals surface area contributed by atoms with Crippen molar-refractivity contribution in [3.63, 3.8) is 0 Å². The molecule has 150 valence electrons. The highest BCUT2D eigenvalue weighted by molar-refractivity contribution is 7.92. The average Bonchev–Trinajstić information content (AvgIpc) is 2.62. The second kappa shape index (κ2) is 9.55. The number of para-hydroxylation sites is 2. The predicted molar refractivity (Wildman–Crippen MR) is 107 cm³/mol. The predicted octanol–water partition coefficient (Wildman–Crippen LogP) is 1.88. The second-order valence-corrected chi connectivity index (χ2v) is 7.63. The van der Waals surface area contributed by atoms with Crippen molar-refractivity contribution < 1.29 is 18.1 Å². The number of nitro groups is 1. The summed E-state index contributed by atoms with van der Waals surface area (Å²) in [5.41, 5.74) is 1.48. The zero-order valence-electron chi connectivity index (χ0n) is 15.1. The molecule has 0 spiro atoms. The fourth-order valence-corrected chi connectivity index (χ4v) is 2.91. The average molecular weight is 407 g/mol. The van der Waals surface area contributed by atoms with Crippen LogP contribution in [0.15, 0.2) is 48.5 Å². The van der Waals surface area contributed by atoms with Gasteiger partial charge in [-0.05, 0) is 23.8 Å². The van der Waals surface area contributed by atoms with Crippen molar-refractivity contribution in [1.82, 2.24) is 10.6 Å². The van der Waals surface area contributed by atoms with Crippen molar-refractivity contribution in [3.05, 3.63) is 64.2 Å². The van der Waals surface area contributed by atoms with E-state index in [0.717, 1.165) is 11.8 Å². The van der Waals surface area contributed by atoms with E-state index >= 15 is 0 Å². The number of urea groups is 1. The van der Waals surface area contributed by atoms with Crippen LogP contribution in [0.1, 0.15) is 5.56 Å². The molecule has 0 radical (unpaired) electrons. The Morgan fingerprint density at radius 3 is 2.54 bits per heavy atom. The van der Waals surface area contributed by atoms with Gasteiger partial charge in [-0.15, -0.1) is 0 Å². The lowest BCUT2D eigenvalue weighted by Gasteiger charge is -2.10. The van der Waals surface area contributed by atoms with Gasteiger partial charge >= 0.3 is 6.03 Å². The third kappa shape index (κ3) is 7.11. The normalized spacial score (nSPS) is 10.8. The van der Waals surface area contributed by atoms with Crippen LogP contribution in [0.25, 0.3) is 0 Å². The maximum absolute atomic E-state index is 11.8. The summed E-state index contributed by atoms with van der Waals surface area (Å²) in [5.74, 6) is 0. The van der Waals surface area contributed by atoms with Crippen LogP contribution < -0.4 is 20.7 Å². The number of nitrogens with zero attached hydrogens (tertiary/aromatic N) is 1. The van der Waals surface area contributed by atoms with Gasteiger partial charge in [-0.2, -0.15) is 0 Å². The van der Waals surface area contributed by atoms with E-state index in [2.05, 4.69) is 20.7 Å². The van der Waals surface area contributed by atoms with Crippen LogP contribution in [0.3, 0.4) is 0 Å². The van der Waals surface area contributed by atoms with Crippen LogP contribution in [-0.2, 0) is 16.6 Å². The molecular weight excluding hydrogens is 386 g/mol. The van der Waals surface area contributed by atoms with Gasteiger partial charge in [0, 0.05) is 31.4 Å². The van der Waals surface area contributed by atoms with Crippen LogP contribution in [0.5, 0.6) is 0 Å². The lowest BCUT2D eigenvalue weighted by Crippen LogP contribution is -2.37. The largest absolute Gasteiger partial charge is 0.378 e. The van der Waals surface area contributed by atoms with Crippen LogP contribution in [0, 0.1) is 10.1 Å². The van der Waals surface area contributed by atoms with Crippen molar-refractivity contribution in [2.75, 3.05) is 29.4 Å². The third-order valence-electron chi connectivity index (χ3n) is 3.51. The Hall–Kier alpha value is -3.34. The molecule has 0 bridgehead atoms. The van der Waals surface area contributed by atoms with Gasteiger partial charge in [0.05, 0.1) is 11.2 Å². The Bertz CT molecular complexity index is 948. The molecule has 0 aliphatic rings. The van der Waals surface area contributed by atoms with E-state index in [1.54, 1.807) is 42.5 Å². The maximum atomic E-state index is 11.8. The van der Waals surface area contributed by atoms with Gasteiger partial charge in [-0.3, -0.25) is 14.8 Å². The minimum atomic E-state index is -3.37. The number of benzene rings is 2. The number of amides is 2. The van der Waals surface area contributed by atoms with Gasteiger partial charge in [-0.25, -0.2) is 13.2 Å². The fourth-order valence-electron chi connectivity index (χ4n) is 2.36. The first-order valence-corrected chi connectivity index (χ1v) is 10.2. The zero-order valence-corrected chi connectivity index (χ0v) is 16.0. The highest BCUT2D eigenvalue weighted by atomic mass is 32.2. The zero-order chi connectivity index (χ0) is 20.6. The highest BCUT2D eigenvalue weighted by Crippen LogP contribution is 2.22. The van der Waals surface area contributed by atoms with E-state index in [1.165, 1.54) is 6.07 Å². The molecule has 0 saturated heterocycles. The molecule has 2 rings (SSSR count). The number of nitrogens with one attached hydrogen (secondary N) is 4. The molecule has 0 atom stereocenters. The summed E-state index contributed by atoms with van der Waals surface area (Å²) < 4.78 is 24.9. The van der Waals surface area contributed by atoms with E-state index in [4.69, 9.17) is 0 Å². The van der Waals surface area contributed by atoms with Crippen molar-refractivity contribution in [3.8, 4) is 0 Å². The molecule has 0 fully saturated rings.